The number of anilines is 1. The van der Waals surface area contributed by atoms with Crippen LogP contribution in [0.25, 0.3) is 0 Å². The van der Waals surface area contributed by atoms with Gasteiger partial charge in [-0.25, -0.2) is 13.4 Å². The number of benzene rings is 2. The minimum absolute atomic E-state index is 0.271. The maximum atomic E-state index is 12.4. The number of carbonyl (C=O) groups excluding carboxylic acids is 1. The molecule has 1 heterocycles. The van der Waals surface area contributed by atoms with Gasteiger partial charge in [-0.15, -0.1) is 0 Å². The number of nitrogens with one attached hydrogen (secondary N) is 2. The first-order valence-electron chi connectivity index (χ1n) is 8.29. The molecule has 27 heavy (non-hydrogen) atoms. The van der Waals surface area contributed by atoms with E-state index in [2.05, 4.69) is 15.0 Å². The monoisotopic (exact) mass is 384 g/mol. The lowest BCUT2D eigenvalue weighted by molar-refractivity contribution is 0.0951. The molecule has 3 aromatic rings. The summed E-state index contributed by atoms with van der Waals surface area (Å²) in [6.45, 7) is 1.08. The Bertz CT molecular complexity index is 1030. The highest BCUT2D eigenvalue weighted by molar-refractivity contribution is 7.92. The van der Waals surface area contributed by atoms with Gasteiger partial charge < -0.3 is 9.88 Å². The van der Waals surface area contributed by atoms with Crippen molar-refractivity contribution in [1.29, 1.82) is 0 Å². The van der Waals surface area contributed by atoms with Crippen molar-refractivity contribution < 1.29 is 13.2 Å². The van der Waals surface area contributed by atoms with Gasteiger partial charge in [-0.2, -0.15) is 0 Å². The number of imidazole rings is 1. The SMILES string of the molecule is CS(=O)(=O)Nc1cccc(C(=O)NCc2cccc(Cn3ccnc3)c2)c1. The van der Waals surface area contributed by atoms with E-state index in [1.165, 1.54) is 6.07 Å². The first-order valence-corrected chi connectivity index (χ1v) is 10.2. The summed E-state index contributed by atoms with van der Waals surface area (Å²) in [6.07, 6.45) is 6.45. The third kappa shape index (κ3) is 5.68. The van der Waals surface area contributed by atoms with Crippen LogP contribution in [-0.4, -0.2) is 30.1 Å². The molecule has 7 nitrogen and oxygen atoms in total. The second-order valence-electron chi connectivity index (χ2n) is 6.19. The predicted molar refractivity (Wildman–Crippen MR) is 104 cm³/mol. The van der Waals surface area contributed by atoms with Crippen molar-refractivity contribution in [2.24, 2.45) is 0 Å². The Hall–Kier alpha value is -3.13. The molecule has 3 rings (SSSR count). The highest BCUT2D eigenvalue weighted by Crippen LogP contribution is 2.13. The van der Waals surface area contributed by atoms with Gasteiger partial charge in [0.2, 0.25) is 10.0 Å². The standard InChI is InChI=1S/C19H20N4O3S/c1-27(25,26)22-18-7-3-6-17(11-18)19(24)21-12-15-4-2-5-16(10-15)13-23-9-8-20-14-23/h2-11,14,22H,12-13H2,1H3,(H,21,24). The van der Waals surface area contributed by atoms with Gasteiger partial charge in [0, 0.05) is 36.7 Å². The Morgan fingerprint density at radius 1 is 1.11 bits per heavy atom. The van der Waals surface area contributed by atoms with Gasteiger partial charge in [0.25, 0.3) is 5.91 Å². The van der Waals surface area contributed by atoms with Crippen LogP contribution in [0.3, 0.4) is 0 Å². The zero-order valence-electron chi connectivity index (χ0n) is 14.8. The highest BCUT2D eigenvalue weighted by atomic mass is 32.2. The Kier molecular flexibility index (Phi) is 5.56. The summed E-state index contributed by atoms with van der Waals surface area (Å²) in [7, 11) is -3.39. The van der Waals surface area contributed by atoms with Crippen LogP contribution in [-0.2, 0) is 23.1 Å². The molecule has 0 bridgehead atoms. The number of amides is 1. The lowest BCUT2D eigenvalue weighted by Crippen LogP contribution is -2.23. The molecule has 0 aliphatic rings. The maximum Gasteiger partial charge on any atom is 0.251 e. The molecule has 140 valence electrons. The van der Waals surface area contributed by atoms with Crippen LogP contribution in [0.4, 0.5) is 5.69 Å². The molecule has 8 heteroatoms. The van der Waals surface area contributed by atoms with Crippen LogP contribution in [0.2, 0.25) is 0 Å². The van der Waals surface area contributed by atoms with Crippen LogP contribution >= 0.6 is 0 Å². The highest BCUT2D eigenvalue weighted by Gasteiger charge is 2.08. The Labute approximate surface area is 158 Å². The molecule has 2 aromatic carbocycles. The van der Waals surface area contributed by atoms with E-state index in [1.54, 1.807) is 30.7 Å². The summed E-state index contributed by atoms with van der Waals surface area (Å²) in [5.41, 5.74) is 2.83. The number of aromatic nitrogens is 2. The number of sulfonamides is 1. The number of rotatable bonds is 7. The second kappa shape index (κ2) is 8.05. The molecular weight excluding hydrogens is 364 g/mol. The van der Waals surface area contributed by atoms with Crippen molar-refractivity contribution in [2.45, 2.75) is 13.1 Å². The quantitative estimate of drug-likeness (QED) is 0.653. The van der Waals surface area contributed by atoms with Crippen LogP contribution in [0, 0.1) is 0 Å². The third-order valence-electron chi connectivity index (χ3n) is 3.80. The topological polar surface area (TPSA) is 93.1 Å². The Balaban J connectivity index is 1.63. The van der Waals surface area contributed by atoms with Crippen LogP contribution < -0.4 is 10.0 Å². The molecule has 0 aliphatic heterocycles. The Morgan fingerprint density at radius 2 is 1.89 bits per heavy atom. The summed E-state index contributed by atoms with van der Waals surface area (Å²) in [5.74, 6) is -0.271. The molecule has 0 atom stereocenters. The van der Waals surface area contributed by atoms with Crippen LogP contribution in [0.5, 0.6) is 0 Å². The normalized spacial score (nSPS) is 11.1. The smallest absolute Gasteiger partial charge is 0.251 e. The van der Waals surface area contributed by atoms with Crippen molar-refractivity contribution in [3.63, 3.8) is 0 Å². The van der Waals surface area contributed by atoms with E-state index in [9.17, 15) is 13.2 Å². The van der Waals surface area contributed by atoms with E-state index < -0.39 is 10.0 Å². The van der Waals surface area contributed by atoms with Gasteiger partial charge in [-0.05, 0) is 29.3 Å². The summed E-state index contributed by atoms with van der Waals surface area (Å²) < 4.78 is 27.0. The van der Waals surface area contributed by atoms with Gasteiger partial charge >= 0.3 is 0 Å². The molecule has 1 aromatic heterocycles. The van der Waals surface area contributed by atoms with Gasteiger partial charge in [0.15, 0.2) is 0 Å². The summed E-state index contributed by atoms with van der Waals surface area (Å²) in [5, 5.41) is 2.86. The number of nitrogens with zero attached hydrogens (tertiary/aromatic N) is 2. The number of hydrogen-bond donors (Lipinski definition) is 2. The summed E-state index contributed by atoms with van der Waals surface area (Å²) in [6, 6.07) is 14.3. The maximum absolute atomic E-state index is 12.4. The molecule has 0 unspecified atom stereocenters. The van der Waals surface area contributed by atoms with Gasteiger partial charge in [-0.1, -0.05) is 30.3 Å². The van der Waals surface area contributed by atoms with E-state index in [1.807, 2.05) is 35.0 Å². The van der Waals surface area contributed by atoms with Crippen LogP contribution in [0.15, 0.2) is 67.3 Å². The summed E-state index contributed by atoms with van der Waals surface area (Å²) in [4.78, 5) is 16.4. The zero-order valence-corrected chi connectivity index (χ0v) is 15.6. The minimum Gasteiger partial charge on any atom is -0.348 e. The fourth-order valence-electron chi connectivity index (χ4n) is 2.65. The van der Waals surface area contributed by atoms with Crippen LogP contribution in [0.1, 0.15) is 21.5 Å². The largest absolute Gasteiger partial charge is 0.348 e. The molecule has 0 saturated carbocycles. The van der Waals surface area contributed by atoms with Crippen molar-refractivity contribution >= 4 is 21.6 Å². The molecule has 2 N–H and O–H groups in total. The minimum atomic E-state index is -3.39. The molecular formula is C19H20N4O3S. The van der Waals surface area contributed by atoms with E-state index >= 15 is 0 Å². The fraction of sp³-hybridized carbons (Fsp3) is 0.158. The number of hydrogen-bond acceptors (Lipinski definition) is 4. The van der Waals surface area contributed by atoms with Gasteiger partial charge in [0.1, 0.15) is 0 Å². The van der Waals surface area contributed by atoms with Crippen molar-refractivity contribution in [3.8, 4) is 0 Å². The Morgan fingerprint density at radius 3 is 2.63 bits per heavy atom. The van der Waals surface area contributed by atoms with Gasteiger partial charge in [-0.3, -0.25) is 9.52 Å². The van der Waals surface area contributed by atoms with E-state index in [0.29, 0.717) is 24.3 Å². The summed E-state index contributed by atoms with van der Waals surface area (Å²) >= 11 is 0. The van der Waals surface area contributed by atoms with Crippen molar-refractivity contribution in [2.75, 3.05) is 11.0 Å². The zero-order chi connectivity index (χ0) is 19.3. The second-order valence-corrected chi connectivity index (χ2v) is 7.94. The van der Waals surface area contributed by atoms with E-state index in [4.69, 9.17) is 0 Å². The van der Waals surface area contributed by atoms with Crippen molar-refractivity contribution in [1.82, 2.24) is 14.9 Å². The average molecular weight is 384 g/mol. The lowest BCUT2D eigenvalue weighted by Gasteiger charge is -2.09. The molecule has 0 spiro atoms. The number of carbonyl (C=O) groups is 1. The first-order chi connectivity index (χ1) is 12.9. The molecule has 1 amide bonds. The molecule has 0 aliphatic carbocycles. The fourth-order valence-corrected chi connectivity index (χ4v) is 3.21. The molecule has 0 radical (unpaired) electrons. The van der Waals surface area contributed by atoms with Crippen molar-refractivity contribution in [3.05, 3.63) is 83.9 Å². The third-order valence-corrected chi connectivity index (χ3v) is 4.40. The predicted octanol–water partition coefficient (Wildman–Crippen LogP) is 2.23. The average Bonchev–Trinajstić information content (AvgIpc) is 3.12. The lowest BCUT2D eigenvalue weighted by atomic mass is 10.1. The molecule has 0 fully saturated rings. The first kappa shape index (κ1) is 18.7. The molecule has 0 saturated heterocycles. The van der Waals surface area contributed by atoms with E-state index in [0.717, 1.165) is 17.4 Å². The van der Waals surface area contributed by atoms with Gasteiger partial charge in [0.05, 0.1) is 12.6 Å². The van der Waals surface area contributed by atoms with E-state index in [-0.39, 0.29) is 5.91 Å².